The SMILES string of the molecule is C[C@H](NC(=O)OC(C)(C)C)C(=O)O[C@@H](C)[C@H](Oc1ccc(Cl)cc1)C1CCCC1. The van der Waals surface area contributed by atoms with E-state index >= 15 is 0 Å². The van der Waals surface area contributed by atoms with Crippen LogP contribution in [0.5, 0.6) is 5.75 Å². The molecule has 1 N–H and O–H groups in total. The molecule has 0 radical (unpaired) electrons. The van der Waals surface area contributed by atoms with Crippen LogP contribution in [0.15, 0.2) is 24.3 Å². The molecule has 0 saturated heterocycles. The lowest BCUT2D eigenvalue weighted by Gasteiger charge is -2.30. The van der Waals surface area contributed by atoms with Crippen molar-refractivity contribution in [3.05, 3.63) is 29.3 Å². The van der Waals surface area contributed by atoms with Crippen LogP contribution in [0.25, 0.3) is 0 Å². The number of amides is 1. The van der Waals surface area contributed by atoms with E-state index in [4.69, 9.17) is 25.8 Å². The molecule has 29 heavy (non-hydrogen) atoms. The Morgan fingerprint density at radius 2 is 1.69 bits per heavy atom. The van der Waals surface area contributed by atoms with Crippen LogP contribution in [0.1, 0.15) is 60.3 Å². The molecule has 1 aromatic rings. The topological polar surface area (TPSA) is 73.9 Å². The van der Waals surface area contributed by atoms with Gasteiger partial charge >= 0.3 is 12.1 Å². The molecule has 6 nitrogen and oxygen atoms in total. The highest BCUT2D eigenvalue weighted by molar-refractivity contribution is 6.30. The second-order valence-corrected chi connectivity index (χ2v) is 9.03. The summed E-state index contributed by atoms with van der Waals surface area (Å²) in [6, 6.07) is 6.34. The van der Waals surface area contributed by atoms with E-state index in [1.807, 2.05) is 19.1 Å². The number of alkyl carbamates (subject to hydrolysis) is 1. The third-order valence-corrected chi connectivity index (χ3v) is 5.05. The fourth-order valence-corrected chi connectivity index (χ4v) is 3.55. The zero-order chi connectivity index (χ0) is 21.6. The summed E-state index contributed by atoms with van der Waals surface area (Å²) in [4.78, 5) is 24.4. The van der Waals surface area contributed by atoms with Crippen LogP contribution in [-0.2, 0) is 14.3 Å². The Morgan fingerprint density at radius 1 is 1.10 bits per heavy atom. The van der Waals surface area contributed by atoms with Gasteiger partial charge in [-0.05, 0) is 77.6 Å². The zero-order valence-corrected chi connectivity index (χ0v) is 18.6. The number of ether oxygens (including phenoxy) is 3. The summed E-state index contributed by atoms with van der Waals surface area (Å²) in [7, 11) is 0. The van der Waals surface area contributed by atoms with Crippen molar-refractivity contribution in [3.8, 4) is 5.75 Å². The summed E-state index contributed by atoms with van der Waals surface area (Å²) >= 11 is 5.95. The smallest absolute Gasteiger partial charge is 0.408 e. The molecule has 1 aliphatic carbocycles. The monoisotopic (exact) mass is 425 g/mol. The molecule has 3 atom stereocenters. The van der Waals surface area contributed by atoms with E-state index in [0.29, 0.717) is 16.7 Å². The van der Waals surface area contributed by atoms with Crippen molar-refractivity contribution in [2.45, 2.75) is 84.2 Å². The van der Waals surface area contributed by atoms with E-state index < -0.39 is 29.8 Å². The van der Waals surface area contributed by atoms with Crippen molar-refractivity contribution in [2.75, 3.05) is 0 Å². The van der Waals surface area contributed by atoms with Gasteiger partial charge in [0.25, 0.3) is 0 Å². The number of nitrogens with one attached hydrogen (secondary N) is 1. The highest BCUT2D eigenvalue weighted by Gasteiger charge is 2.34. The first kappa shape index (κ1) is 23.3. The van der Waals surface area contributed by atoms with Crippen LogP contribution >= 0.6 is 11.6 Å². The van der Waals surface area contributed by atoms with E-state index in [-0.39, 0.29) is 6.10 Å². The predicted octanol–water partition coefficient (Wildman–Crippen LogP) is 5.12. The number of hydrogen-bond acceptors (Lipinski definition) is 5. The number of benzene rings is 1. The van der Waals surface area contributed by atoms with E-state index in [1.54, 1.807) is 39.8 Å². The van der Waals surface area contributed by atoms with Gasteiger partial charge in [0.15, 0.2) is 0 Å². The first-order valence-corrected chi connectivity index (χ1v) is 10.5. The Balaban J connectivity index is 1.98. The lowest BCUT2D eigenvalue weighted by molar-refractivity contribution is -0.156. The van der Waals surface area contributed by atoms with Gasteiger partial charge in [-0.3, -0.25) is 0 Å². The van der Waals surface area contributed by atoms with Crippen LogP contribution < -0.4 is 10.1 Å². The minimum absolute atomic E-state index is 0.267. The van der Waals surface area contributed by atoms with E-state index in [0.717, 1.165) is 25.7 Å². The first-order chi connectivity index (χ1) is 13.5. The summed E-state index contributed by atoms with van der Waals surface area (Å²) in [6.45, 7) is 8.69. The van der Waals surface area contributed by atoms with Gasteiger partial charge in [0, 0.05) is 5.02 Å². The largest absolute Gasteiger partial charge is 0.486 e. The van der Waals surface area contributed by atoms with Gasteiger partial charge in [-0.15, -0.1) is 0 Å². The molecule has 1 saturated carbocycles. The summed E-state index contributed by atoms with van der Waals surface area (Å²) in [5.41, 5.74) is -0.638. The van der Waals surface area contributed by atoms with Crippen LogP contribution in [0.2, 0.25) is 5.02 Å². The summed E-state index contributed by atoms with van der Waals surface area (Å²) in [5.74, 6) is 0.475. The maximum atomic E-state index is 12.5. The van der Waals surface area contributed by atoms with Crippen molar-refractivity contribution in [1.29, 1.82) is 0 Å². The maximum absolute atomic E-state index is 12.5. The number of carbonyl (C=O) groups is 2. The summed E-state index contributed by atoms with van der Waals surface area (Å²) in [6.07, 6.45) is 2.96. The van der Waals surface area contributed by atoms with Gasteiger partial charge in [-0.25, -0.2) is 9.59 Å². The summed E-state index contributed by atoms with van der Waals surface area (Å²) < 4.78 is 17.0. The number of rotatable bonds is 7. The summed E-state index contributed by atoms with van der Waals surface area (Å²) in [5, 5.41) is 3.15. The molecule has 1 aliphatic rings. The maximum Gasteiger partial charge on any atom is 0.408 e. The number of hydrogen-bond donors (Lipinski definition) is 1. The Bertz CT molecular complexity index is 679. The van der Waals surface area contributed by atoms with Crippen molar-refractivity contribution in [1.82, 2.24) is 5.32 Å². The Labute approximate surface area is 178 Å². The molecule has 7 heteroatoms. The molecule has 0 spiro atoms. The lowest BCUT2D eigenvalue weighted by Crippen LogP contribution is -2.46. The fraction of sp³-hybridized carbons (Fsp3) is 0.636. The number of esters is 1. The molecule has 1 aromatic carbocycles. The van der Waals surface area contributed by atoms with Gasteiger partial charge in [-0.2, -0.15) is 0 Å². The fourth-order valence-electron chi connectivity index (χ4n) is 3.43. The van der Waals surface area contributed by atoms with Crippen molar-refractivity contribution in [2.24, 2.45) is 5.92 Å². The molecular weight excluding hydrogens is 394 g/mol. The number of carbonyl (C=O) groups excluding carboxylic acids is 2. The third-order valence-electron chi connectivity index (χ3n) is 4.80. The van der Waals surface area contributed by atoms with Crippen LogP contribution in [-0.4, -0.2) is 35.9 Å². The molecule has 0 aliphatic heterocycles. The molecule has 0 aromatic heterocycles. The van der Waals surface area contributed by atoms with Gasteiger partial charge in [0.1, 0.15) is 29.6 Å². The molecule has 0 unspecified atom stereocenters. The minimum atomic E-state index is -0.827. The second kappa shape index (κ2) is 10.2. The van der Waals surface area contributed by atoms with E-state index in [9.17, 15) is 9.59 Å². The lowest BCUT2D eigenvalue weighted by atomic mass is 9.96. The second-order valence-electron chi connectivity index (χ2n) is 8.59. The standard InChI is InChI=1S/C22H32ClNO5/c1-14(24-21(26)29-22(3,4)5)20(25)27-15(2)19(16-8-6-7-9-16)28-18-12-10-17(23)11-13-18/h10-16,19H,6-9H2,1-5H3,(H,24,26)/t14-,15-,19-/m0/s1. The number of halogens is 1. The molecule has 0 bridgehead atoms. The molecule has 2 rings (SSSR count). The quantitative estimate of drug-likeness (QED) is 0.613. The Morgan fingerprint density at radius 3 is 2.24 bits per heavy atom. The van der Waals surface area contributed by atoms with E-state index in [1.165, 1.54) is 0 Å². The molecular formula is C22H32ClNO5. The van der Waals surface area contributed by atoms with Crippen LogP contribution in [0, 0.1) is 5.92 Å². The minimum Gasteiger partial charge on any atom is -0.486 e. The van der Waals surface area contributed by atoms with Crippen LogP contribution in [0.4, 0.5) is 4.79 Å². The Hall–Kier alpha value is -1.95. The van der Waals surface area contributed by atoms with Crippen molar-refractivity contribution in [3.63, 3.8) is 0 Å². The van der Waals surface area contributed by atoms with Crippen molar-refractivity contribution < 1.29 is 23.8 Å². The first-order valence-electron chi connectivity index (χ1n) is 10.2. The Kier molecular flexibility index (Phi) is 8.20. The van der Waals surface area contributed by atoms with Crippen molar-refractivity contribution >= 4 is 23.7 Å². The molecule has 1 fully saturated rings. The molecule has 162 valence electrons. The van der Waals surface area contributed by atoms with Gasteiger partial charge in [0.2, 0.25) is 0 Å². The average Bonchev–Trinajstić information content (AvgIpc) is 3.13. The molecule has 0 heterocycles. The highest BCUT2D eigenvalue weighted by atomic mass is 35.5. The molecule has 1 amide bonds. The average molecular weight is 426 g/mol. The van der Waals surface area contributed by atoms with Crippen LogP contribution in [0.3, 0.4) is 0 Å². The zero-order valence-electron chi connectivity index (χ0n) is 17.9. The highest BCUT2D eigenvalue weighted by Crippen LogP contribution is 2.33. The van der Waals surface area contributed by atoms with Gasteiger partial charge in [-0.1, -0.05) is 24.4 Å². The predicted molar refractivity (Wildman–Crippen MR) is 112 cm³/mol. The van der Waals surface area contributed by atoms with E-state index in [2.05, 4.69) is 5.32 Å². The normalized spacial score (nSPS) is 17.9. The van der Waals surface area contributed by atoms with Gasteiger partial charge in [0.05, 0.1) is 0 Å². The third kappa shape index (κ3) is 7.77. The van der Waals surface area contributed by atoms with Gasteiger partial charge < -0.3 is 19.5 Å².